The molecule has 0 bridgehead atoms. The largest absolute Gasteiger partial charge is 0.481 e. The average Bonchev–Trinajstić information content (AvgIpc) is 2.83. The molecule has 3 atom stereocenters. The molecule has 0 aliphatic rings. The number of benzene rings is 2. The molecule has 0 saturated heterocycles. The molecule has 5 N–H and O–H groups in total. The summed E-state index contributed by atoms with van der Waals surface area (Å²) < 4.78 is 0. The quantitative estimate of drug-likeness (QED) is 0.259. The van der Waals surface area contributed by atoms with Crippen molar-refractivity contribution < 1.29 is 39.0 Å². The molecule has 0 spiro atoms. The van der Waals surface area contributed by atoms with Crippen LogP contribution in [-0.2, 0) is 24.0 Å². The van der Waals surface area contributed by atoms with Crippen LogP contribution in [-0.4, -0.2) is 64.3 Å². The number of rotatable bonds is 13. The van der Waals surface area contributed by atoms with Crippen molar-refractivity contribution in [2.45, 2.75) is 50.7 Å². The zero-order valence-corrected chi connectivity index (χ0v) is 19.0. The highest BCUT2D eigenvalue weighted by atomic mass is 16.4. The number of carboxylic acid groups (broad SMARTS) is 2. The zero-order valence-electron chi connectivity index (χ0n) is 19.0. The molecule has 2 aromatic rings. The van der Waals surface area contributed by atoms with Crippen molar-refractivity contribution in [2.75, 3.05) is 0 Å². The van der Waals surface area contributed by atoms with E-state index in [9.17, 15) is 28.8 Å². The summed E-state index contributed by atoms with van der Waals surface area (Å²) in [6.07, 6.45) is -0.672. The monoisotopic (exact) mass is 485 g/mol. The van der Waals surface area contributed by atoms with Crippen LogP contribution in [0.3, 0.4) is 0 Å². The van der Waals surface area contributed by atoms with E-state index in [1.165, 1.54) is 6.92 Å². The molecule has 0 aliphatic carbocycles. The first-order chi connectivity index (χ1) is 16.6. The van der Waals surface area contributed by atoms with E-state index in [1.807, 2.05) is 24.3 Å². The lowest BCUT2D eigenvalue weighted by atomic mass is 10.1. The van der Waals surface area contributed by atoms with Gasteiger partial charge in [-0.05, 0) is 42.7 Å². The molecule has 35 heavy (non-hydrogen) atoms. The summed E-state index contributed by atoms with van der Waals surface area (Å²) in [5.41, 5.74) is 0.273. The van der Waals surface area contributed by atoms with E-state index in [0.717, 1.165) is 10.8 Å². The molecule has 2 rings (SSSR count). The predicted octanol–water partition coefficient (Wildman–Crippen LogP) is 0.856. The first-order valence-corrected chi connectivity index (χ1v) is 10.9. The van der Waals surface area contributed by atoms with E-state index in [1.54, 1.807) is 18.2 Å². The standard InChI is InChI=1S/C24H27N3O8/c1-14(22(33)26-18(13-28)8-10-20(29)30)25-24(35)19(9-11-21(31)32)27-23(34)17-7-6-15-4-2-3-5-16(15)12-17/h2-7,12-14,18-19H,8-11H2,1H3,(H,25,35)(H,26,33)(H,27,34)(H,29,30)(H,31,32)/t14-,18?,19-/m0/s1. The molecule has 0 heterocycles. The predicted molar refractivity (Wildman–Crippen MR) is 125 cm³/mol. The van der Waals surface area contributed by atoms with Crippen LogP contribution in [0.5, 0.6) is 0 Å². The Morgan fingerprint density at radius 3 is 2.09 bits per heavy atom. The lowest BCUT2D eigenvalue weighted by Gasteiger charge is -2.22. The highest BCUT2D eigenvalue weighted by molar-refractivity contribution is 6.01. The van der Waals surface area contributed by atoms with Crippen LogP contribution in [0.4, 0.5) is 0 Å². The van der Waals surface area contributed by atoms with Gasteiger partial charge >= 0.3 is 11.9 Å². The Bertz CT molecular complexity index is 1120. The first-order valence-electron chi connectivity index (χ1n) is 10.9. The summed E-state index contributed by atoms with van der Waals surface area (Å²) in [7, 11) is 0. The van der Waals surface area contributed by atoms with Crippen molar-refractivity contribution in [3.05, 3.63) is 48.0 Å². The van der Waals surface area contributed by atoms with Gasteiger partial charge in [0.05, 0.1) is 6.04 Å². The minimum absolute atomic E-state index is 0.117. The van der Waals surface area contributed by atoms with E-state index in [0.29, 0.717) is 6.29 Å². The van der Waals surface area contributed by atoms with Crippen LogP contribution in [0.15, 0.2) is 42.5 Å². The van der Waals surface area contributed by atoms with E-state index in [-0.39, 0.29) is 24.8 Å². The van der Waals surface area contributed by atoms with Crippen molar-refractivity contribution in [1.29, 1.82) is 0 Å². The van der Waals surface area contributed by atoms with E-state index in [2.05, 4.69) is 16.0 Å². The second-order valence-corrected chi connectivity index (χ2v) is 7.93. The molecular weight excluding hydrogens is 458 g/mol. The second-order valence-electron chi connectivity index (χ2n) is 7.93. The summed E-state index contributed by atoms with van der Waals surface area (Å²) in [5.74, 6) is -4.40. The van der Waals surface area contributed by atoms with Gasteiger partial charge in [-0.2, -0.15) is 0 Å². The Hall–Kier alpha value is -4.28. The third-order valence-electron chi connectivity index (χ3n) is 5.19. The molecule has 0 aliphatic heterocycles. The van der Waals surface area contributed by atoms with Crippen LogP contribution in [0, 0.1) is 0 Å². The number of hydrogen-bond donors (Lipinski definition) is 5. The van der Waals surface area contributed by atoms with E-state index < -0.39 is 54.2 Å². The van der Waals surface area contributed by atoms with E-state index >= 15 is 0 Å². The molecule has 0 saturated carbocycles. The molecule has 2 aromatic carbocycles. The van der Waals surface area contributed by atoms with Crippen molar-refractivity contribution in [1.82, 2.24) is 16.0 Å². The van der Waals surface area contributed by atoms with Crippen LogP contribution in [0.2, 0.25) is 0 Å². The molecule has 1 unspecified atom stereocenters. The third-order valence-corrected chi connectivity index (χ3v) is 5.19. The summed E-state index contributed by atoms with van der Waals surface area (Å²) >= 11 is 0. The Labute approximate surface area is 200 Å². The SMILES string of the molecule is C[C@H](NC(=O)[C@H](CCC(=O)O)NC(=O)c1ccc2ccccc2c1)C(=O)NC(C=O)CCC(=O)O. The third kappa shape index (κ3) is 8.54. The van der Waals surface area contributed by atoms with Gasteiger partial charge in [0.1, 0.15) is 18.4 Å². The van der Waals surface area contributed by atoms with Gasteiger partial charge in [0.15, 0.2) is 0 Å². The van der Waals surface area contributed by atoms with Crippen LogP contribution >= 0.6 is 0 Å². The van der Waals surface area contributed by atoms with Crippen molar-refractivity contribution >= 4 is 46.7 Å². The average molecular weight is 485 g/mol. The highest BCUT2D eigenvalue weighted by Crippen LogP contribution is 2.16. The maximum Gasteiger partial charge on any atom is 0.303 e. The fraction of sp³-hybridized carbons (Fsp3) is 0.333. The fourth-order valence-corrected chi connectivity index (χ4v) is 3.25. The number of aliphatic carboxylic acids is 2. The smallest absolute Gasteiger partial charge is 0.303 e. The summed E-state index contributed by atoms with van der Waals surface area (Å²) in [6.45, 7) is 1.34. The van der Waals surface area contributed by atoms with Crippen molar-refractivity contribution in [3.8, 4) is 0 Å². The van der Waals surface area contributed by atoms with Gasteiger partial charge in [0, 0.05) is 18.4 Å². The number of fused-ring (bicyclic) bond motifs is 1. The summed E-state index contributed by atoms with van der Waals surface area (Å²) in [6, 6.07) is 8.91. The van der Waals surface area contributed by atoms with Crippen LogP contribution < -0.4 is 16.0 Å². The molecule has 3 amide bonds. The maximum atomic E-state index is 12.8. The summed E-state index contributed by atoms with van der Waals surface area (Å²) in [4.78, 5) is 70.7. The van der Waals surface area contributed by atoms with Crippen LogP contribution in [0.1, 0.15) is 43.0 Å². The van der Waals surface area contributed by atoms with E-state index in [4.69, 9.17) is 10.2 Å². The molecular formula is C24H27N3O8. The molecule has 11 nitrogen and oxygen atoms in total. The molecule has 11 heteroatoms. The fourth-order valence-electron chi connectivity index (χ4n) is 3.25. The Morgan fingerprint density at radius 1 is 0.829 bits per heavy atom. The number of carbonyl (C=O) groups is 6. The molecule has 0 fully saturated rings. The van der Waals surface area contributed by atoms with Crippen molar-refractivity contribution in [2.24, 2.45) is 0 Å². The topological polar surface area (TPSA) is 179 Å². The number of carboxylic acids is 2. The Balaban J connectivity index is 2.06. The number of hydrogen-bond acceptors (Lipinski definition) is 6. The lowest BCUT2D eigenvalue weighted by molar-refractivity contribution is -0.138. The first kappa shape index (κ1) is 27.0. The van der Waals surface area contributed by atoms with Gasteiger partial charge in [-0.3, -0.25) is 24.0 Å². The van der Waals surface area contributed by atoms with Gasteiger partial charge in [-0.25, -0.2) is 0 Å². The van der Waals surface area contributed by atoms with Gasteiger partial charge in [-0.15, -0.1) is 0 Å². The Morgan fingerprint density at radius 2 is 1.46 bits per heavy atom. The second kappa shape index (κ2) is 12.8. The molecule has 0 radical (unpaired) electrons. The minimum atomic E-state index is -1.24. The number of aldehydes is 1. The lowest BCUT2D eigenvalue weighted by Crippen LogP contribution is -2.54. The maximum absolute atomic E-state index is 12.8. The number of nitrogens with one attached hydrogen (secondary N) is 3. The molecule has 186 valence electrons. The highest BCUT2D eigenvalue weighted by Gasteiger charge is 2.26. The number of carbonyl (C=O) groups excluding carboxylic acids is 4. The zero-order chi connectivity index (χ0) is 26.0. The Kier molecular flexibility index (Phi) is 9.88. The molecule has 0 aromatic heterocycles. The van der Waals surface area contributed by atoms with Crippen molar-refractivity contribution in [3.63, 3.8) is 0 Å². The van der Waals surface area contributed by atoms with Crippen LogP contribution in [0.25, 0.3) is 10.8 Å². The van der Waals surface area contributed by atoms with Gasteiger partial charge in [0.25, 0.3) is 5.91 Å². The normalized spacial score (nSPS) is 13.2. The van der Waals surface area contributed by atoms with Gasteiger partial charge in [0.2, 0.25) is 11.8 Å². The summed E-state index contributed by atoms with van der Waals surface area (Å²) in [5, 5.41) is 26.7. The minimum Gasteiger partial charge on any atom is -0.481 e. The number of amides is 3. The van der Waals surface area contributed by atoms with Gasteiger partial charge in [-0.1, -0.05) is 30.3 Å². The van der Waals surface area contributed by atoms with Gasteiger partial charge < -0.3 is 31.0 Å².